The maximum atomic E-state index is 12.4. The SMILES string of the molecule is CSCCC(NC(=O)OCC1c2ccccc2-c2ccccc21)[C@@H](O)CC(=O)O. The second-order valence-electron chi connectivity index (χ2n) is 7.02. The lowest BCUT2D eigenvalue weighted by Gasteiger charge is -2.23. The third-order valence-corrected chi connectivity index (χ3v) is 5.77. The van der Waals surface area contributed by atoms with Crippen molar-refractivity contribution in [3.05, 3.63) is 59.7 Å². The van der Waals surface area contributed by atoms with Gasteiger partial charge in [-0.25, -0.2) is 4.79 Å². The van der Waals surface area contributed by atoms with Crippen LogP contribution in [0, 0.1) is 0 Å². The van der Waals surface area contributed by atoms with Gasteiger partial charge in [-0.05, 0) is 40.7 Å². The molecule has 6 nitrogen and oxygen atoms in total. The van der Waals surface area contributed by atoms with Crippen LogP contribution < -0.4 is 5.32 Å². The topological polar surface area (TPSA) is 95.9 Å². The summed E-state index contributed by atoms with van der Waals surface area (Å²) in [6, 6.07) is 15.5. The number of hydrogen-bond acceptors (Lipinski definition) is 5. The molecule has 0 heterocycles. The smallest absolute Gasteiger partial charge is 0.407 e. The Labute approximate surface area is 174 Å². The summed E-state index contributed by atoms with van der Waals surface area (Å²) in [4.78, 5) is 23.3. The molecule has 0 saturated heterocycles. The highest BCUT2D eigenvalue weighted by Gasteiger charge is 2.30. The van der Waals surface area contributed by atoms with Crippen LogP contribution in [0.4, 0.5) is 4.79 Å². The van der Waals surface area contributed by atoms with Crippen molar-refractivity contribution in [1.29, 1.82) is 0 Å². The molecule has 0 saturated carbocycles. The Kier molecular flexibility index (Phi) is 7.17. The Morgan fingerprint density at radius 1 is 1.10 bits per heavy atom. The Morgan fingerprint density at radius 2 is 1.69 bits per heavy atom. The number of aliphatic hydroxyl groups is 1. The Hall–Kier alpha value is -2.51. The van der Waals surface area contributed by atoms with Crippen LogP contribution in [-0.4, -0.2) is 53.0 Å². The van der Waals surface area contributed by atoms with E-state index in [4.69, 9.17) is 9.84 Å². The fourth-order valence-corrected chi connectivity index (χ4v) is 4.21. The van der Waals surface area contributed by atoms with Gasteiger partial charge in [-0.1, -0.05) is 48.5 Å². The molecular formula is C22H25NO5S. The lowest BCUT2D eigenvalue weighted by Crippen LogP contribution is -2.45. The van der Waals surface area contributed by atoms with Crippen molar-refractivity contribution in [2.75, 3.05) is 18.6 Å². The number of nitrogens with one attached hydrogen (secondary N) is 1. The minimum absolute atomic E-state index is 0.0539. The maximum Gasteiger partial charge on any atom is 0.407 e. The number of carbonyl (C=O) groups excluding carboxylic acids is 1. The van der Waals surface area contributed by atoms with Crippen LogP contribution in [0.1, 0.15) is 29.9 Å². The Morgan fingerprint density at radius 3 is 2.24 bits per heavy atom. The summed E-state index contributed by atoms with van der Waals surface area (Å²) >= 11 is 1.56. The van der Waals surface area contributed by atoms with Gasteiger partial charge in [-0.3, -0.25) is 4.79 Å². The van der Waals surface area contributed by atoms with Crippen molar-refractivity contribution in [3.8, 4) is 11.1 Å². The molecule has 7 heteroatoms. The van der Waals surface area contributed by atoms with Crippen LogP contribution in [0.15, 0.2) is 48.5 Å². The van der Waals surface area contributed by atoms with E-state index in [1.807, 2.05) is 42.7 Å². The monoisotopic (exact) mass is 415 g/mol. The van der Waals surface area contributed by atoms with E-state index in [9.17, 15) is 14.7 Å². The predicted molar refractivity (Wildman–Crippen MR) is 113 cm³/mol. The third kappa shape index (κ3) is 5.10. The highest BCUT2D eigenvalue weighted by Crippen LogP contribution is 2.44. The first-order valence-electron chi connectivity index (χ1n) is 9.51. The lowest BCUT2D eigenvalue weighted by atomic mass is 9.98. The fourth-order valence-electron chi connectivity index (χ4n) is 3.72. The molecule has 0 aliphatic heterocycles. The molecule has 3 rings (SSSR count). The van der Waals surface area contributed by atoms with Gasteiger partial charge in [-0.2, -0.15) is 11.8 Å². The molecular weight excluding hydrogens is 390 g/mol. The number of hydrogen-bond donors (Lipinski definition) is 3. The van der Waals surface area contributed by atoms with E-state index in [2.05, 4.69) is 17.4 Å². The average Bonchev–Trinajstić information content (AvgIpc) is 3.03. The number of carbonyl (C=O) groups is 2. The van der Waals surface area contributed by atoms with Gasteiger partial charge in [0.15, 0.2) is 0 Å². The molecule has 1 aliphatic rings. The number of carboxylic acids is 1. The molecule has 2 aromatic carbocycles. The summed E-state index contributed by atoms with van der Waals surface area (Å²) in [5, 5.41) is 21.7. The predicted octanol–water partition coefficient (Wildman–Crippen LogP) is 3.48. The zero-order chi connectivity index (χ0) is 20.8. The number of benzene rings is 2. The number of aliphatic hydroxyl groups excluding tert-OH is 1. The summed E-state index contributed by atoms with van der Waals surface area (Å²) in [6.07, 6.45) is 0.124. The molecule has 0 spiro atoms. The molecule has 2 aromatic rings. The van der Waals surface area contributed by atoms with Gasteiger partial charge in [0.05, 0.1) is 18.6 Å². The molecule has 0 radical (unpaired) electrons. The van der Waals surface area contributed by atoms with Crippen molar-refractivity contribution < 1.29 is 24.5 Å². The number of rotatable bonds is 9. The minimum atomic E-state index is -1.17. The molecule has 2 atom stereocenters. The van der Waals surface area contributed by atoms with Crippen molar-refractivity contribution in [2.45, 2.75) is 30.9 Å². The van der Waals surface area contributed by atoms with Crippen LogP contribution in [0.25, 0.3) is 11.1 Å². The molecule has 1 amide bonds. The zero-order valence-corrected chi connectivity index (χ0v) is 17.0. The molecule has 154 valence electrons. The molecule has 1 unspecified atom stereocenters. The minimum Gasteiger partial charge on any atom is -0.481 e. The van der Waals surface area contributed by atoms with Crippen LogP contribution in [0.2, 0.25) is 0 Å². The molecule has 3 N–H and O–H groups in total. The number of alkyl carbamates (subject to hydrolysis) is 1. The van der Waals surface area contributed by atoms with Gasteiger partial charge in [0.25, 0.3) is 0 Å². The van der Waals surface area contributed by atoms with E-state index in [0.717, 1.165) is 22.3 Å². The number of carboxylic acid groups (broad SMARTS) is 1. The van der Waals surface area contributed by atoms with E-state index in [-0.39, 0.29) is 12.5 Å². The standard InChI is InChI=1S/C22H25NO5S/c1-29-11-10-19(20(24)12-21(25)26)23-22(27)28-13-18-16-8-4-2-6-14(16)15-7-3-5-9-17(15)18/h2-9,18-20,24H,10-13H2,1H3,(H,23,27)(H,25,26)/t19?,20-/m0/s1. The summed E-state index contributed by atoms with van der Waals surface area (Å²) in [7, 11) is 0. The highest BCUT2D eigenvalue weighted by atomic mass is 32.2. The van der Waals surface area contributed by atoms with Gasteiger partial charge >= 0.3 is 12.1 Å². The second kappa shape index (κ2) is 9.80. The zero-order valence-electron chi connectivity index (χ0n) is 16.2. The van der Waals surface area contributed by atoms with Crippen LogP contribution in [0.5, 0.6) is 0 Å². The van der Waals surface area contributed by atoms with Crippen molar-refractivity contribution >= 4 is 23.8 Å². The molecule has 0 fully saturated rings. The largest absolute Gasteiger partial charge is 0.481 e. The summed E-state index contributed by atoms with van der Waals surface area (Å²) < 4.78 is 5.49. The summed E-state index contributed by atoms with van der Waals surface area (Å²) in [5.41, 5.74) is 4.52. The normalized spacial score (nSPS) is 14.6. The molecule has 0 bridgehead atoms. The quantitative estimate of drug-likeness (QED) is 0.580. The van der Waals surface area contributed by atoms with Crippen molar-refractivity contribution in [2.24, 2.45) is 0 Å². The van der Waals surface area contributed by atoms with Gasteiger partial charge < -0.3 is 20.3 Å². The first kappa shape index (κ1) is 21.2. The molecule has 0 aromatic heterocycles. The van der Waals surface area contributed by atoms with Gasteiger partial charge in [-0.15, -0.1) is 0 Å². The fraction of sp³-hybridized carbons (Fsp3) is 0.364. The first-order valence-corrected chi connectivity index (χ1v) is 10.9. The number of ether oxygens (including phenoxy) is 1. The molecule has 29 heavy (non-hydrogen) atoms. The average molecular weight is 416 g/mol. The Bertz CT molecular complexity index is 826. The summed E-state index contributed by atoms with van der Waals surface area (Å²) in [6.45, 7) is 0.171. The van der Waals surface area contributed by atoms with Gasteiger partial charge in [0.1, 0.15) is 6.61 Å². The second-order valence-corrected chi connectivity index (χ2v) is 8.01. The van der Waals surface area contributed by atoms with E-state index < -0.39 is 30.6 Å². The number of aliphatic carboxylic acids is 1. The van der Waals surface area contributed by atoms with Gasteiger partial charge in [0, 0.05) is 5.92 Å². The van der Waals surface area contributed by atoms with Crippen molar-refractivity contribution in [1.82, 2.24) is 5.32 Å². The van der Waals surface area contributed by atoms with Crippen LogP contribution in [-0.2, 0) is 9.53 Å². The van der Waals surface area contributed by atoms with E-state index in [0.29, 0.717) is 12.2 Å². The summed E-state index contributed by atoms with van der Waals surface area (Å²) in [5.74, 6) is -0.479. The third-order valence-electron chi connectivity index (χ3n) is 5.13. The van der Waals surface area contributed by atoms with E-state index in [1.54, 1.807) is 11.8 Å². The highest BCUT2D eigenvalue weighted by molar-refractivity contribution is 7.98. The van der Waals surface area contributed by atoms with Gasteiger partial charge in [0.2, 0.25) is 0 Å². The van der Waals surface area contributed by atoms with Crippen LogP contribution >= 0.6 is 11.8 Å². The number of amides is 1. The van der Waals surface area contributed by atoms with E-state index in [1.165, 1.54) is 0 Å². The maximum absolute atomic E-state index is 12.4. The Balaban J connectivity index is 1.66. The van der Waals surface area contributed by atoms with Crippen molar-refractivity contribution in [3.63, 3.8) is 0 Å². The first-order chi connectivity index (χ1) is 14.0. The van der Waals surface area contributed by atoms with E-state index >= 15 is 0 Å². The van der Waals surface area contributed by atoms with Crippen LogP contribution in [0.3, 0.4) is 0 Å². The number of thioether (sulfide) groups is 1. The number of fused-ring (bicyclic) bond motifs is 3. The molecule has 1 aliphatic carbocycles. The lowest BCUT2D eigenvalue weighted by molar-refractivity contribution is -0.139.